The Bertz CT molecular complexity index is 640. The van der Waals surface area contributed by atoms with Crippen LogP contribution in [0.3, 0.4) is 0 Å². The summed E-state index contributed by atoms with van der Waals surface area (Å²) in [6.45, 7) is 3.19. The zero-order chi connectivity index (χ0) is 19.0. The Hall–Kier alpha value is -2.97. The molecular formula is C16H20N2O7. The lowest BCUT2D eigenvalue weighted by Crippen LogP contribution is -2.44. The summed E-state index contributed by atoms with van der Waals surface area (Å²) in [5.74, 6) is -1.88. The van der Waals surface area contributed by atoms with Crippen molar-refractivity contribution in [1.29, 1.82) is 0 Å². The van der Waals surface area contributed by atoms with Gasteiger partial charge in [0.2, 0.25) is 0 Å². The van der Waals surface area contributed by atoms with Crippen LogP contribution in [0, 0.1) is 16.0 Å². The van der Waals surface area contributed by atoms with E-state index in [1.807, 2.05) is 13.8 Å². The highest BCUT2D eigenvalue weighted by atomic mass is 16.6. The van der Waals surface area contributed by atoms with Crippen molar-refractivity contribution in [3.63, 3.8) is 0 Å². The van der Waals surface area contributed by atoms with Crippen LogP contribution in [-0.2, 0) is 19.1 Å². The second-order valence-corrected chi connectivity index (χ2v) is 5.65. The summed E-state index contributed by atoms with van der Waals surface area (Å²) in [5.41, 5.74) is -0.0889. The summed E-state index contributed by atoms with van der Waals surface area (Å²) >= 11 is 0. The number of amides is 1. The number of hydrogen-bond acceptors (Lipinski definition) is 7. The van der Waals surface area contributed by atoms with Crippen molar-refractivity contribution in [3.05, 3.63) is 39.9 Å². The van der Waals surface area contributed by atoms with Gasteiger partial charge in [0.1, 0.15) is 6.04 Å². The van der Waals surface area contributed by atoms with Crippen molar-refractivity contribution >= 4 is 23.5 Å². The molecule has 0 fully saturated rings. The smallest absolute Gasteiger partial charge is 0.338 e. The summed E-state index contributed by atoms with van der Waals surface area (Å²) in [7, 11) is 1.22. The molecule has 1 aromatic carbocycles. The monoisotopic (exact) mass is 352 g/mol. The van der Waals surface area contributed by atoms with E-state index in [1.165, 1.54) is 19.2 Å². The van der Waals surface area contributed by atoms with Crippen LogP contribution in [0.1, 0.15) is 30.6 Å². The predicted octanol–water partition coefficient (Wildman–Crippen LogP) is 1.46. The average molecular weight is 352 g/mol. The van der Waals surface area contributed by atoms with Crippen LogP contribution >= 0.6 is 0 Å². The quantitative estimate of drug-likeness (QED) is 0.426. The zero-order valence-electron chi connectivity index (χ0n) is 14.2. The molecule has 9 heteroatoms. The number of esters is 2. The molecule has 0 saturated carbocycles. The van der Waals surface area contributed by atoms with E-state index in [0.717, 1.165) is 12.1 Å². The number of carbonyl (C=O) groups is 3. The number of nitrogens with one attached hydrogen (secondary N) is 1. The Morgan fingerprint density at radius 1 is 1.20 bits per heavy atom. The van der Waals surface area contributed by atoms with Crippen molar-refractivity contribution in [1.82, 2.24) is 5.32 Å². The fourth-order valence-corrected chi connectivity index (χ4v) is 2.00. The molecule has 0 aliphatic rings. The number of carbonyl (C=O) groups excluding carboxylic acids is 3. The van der Waals surface area contributed by atoms with Crippen LogP contribution in [0.25, 0.3) is 0 Å². The van der Waals surface area contributed by atoms with Gasteiger partial charge in [0.15, 0.2) is 6.61 Å². The van der Waals surface area contributed by atoms with Crippen molar-refractivity contribution < 1.29 is 28.8 Å². The molecule has 0 aliphatic heterocycles. The first kappa shape index (κ1) is 20.1. The number of hydrogen-bond donors (Lipinski definition) is 1. The van der Waals surface area contributed by atoms with Crippen LogP contribution in [0.5, 0.6) is 0 Å². The van der Waals surface area contributed by atoms with Gasteiger partial charge >= 0.3 is 11.9 Å². The number of methoxy groups -OCH3 is 1. The number of ether oxygens (including phenoxy) is 2. The maximum absolute atomic E-state index is 11.8. The Morgan fingerprint density at radius 2 is 1.80 bits per heavy atom. The third-order valence-corrected chi connectivity index (χ3v) is 3.18. The van der Waals surface area contributed by atoms with Gasteiger partial charge in [-0.3, -0.25) is 14.9 Å². The lowest BCUT2D eigenvalue weighted by Gasteiger charge is -2.18. The minimum Gasteiger partial charge on any atom is -0.467 e. The summed E-state index contributed by atoms with van der Waals surface area (Å²) < 4.78 is 9.46. The van der Waals surface area contributed by atoms with E-state index >= 15 is 0 Å². The first-order valence-electron chi connectivity index (χ1n) is 7.53. The molecule has 1 atom stereocenters. The maximum Gasteiger partial charge on any atom is 0.338 e. The Labute approximate surface area is 144 Å². The number of benzene rings is 1. The third kappa shape index (κ3) is 6.58. The van der Waals surface area contributed by atoms with E-state index in [1.54, 1.807) is 0 Å². The molecular weight excluding hydrogens is 332 g/mol. The van der Waals surface area contributed by atoms with Crippen molar-refractivity contribution in [3.8, 4) is 0 Å². The molecule has 136 valence electrons. The van der Waals surface area contributed by atoms with Crippen LogP contribution in [0.2, 0.25) is 0 Å². The maximum atomic E-state index is 11.8. The highest BCUT2D eigenvalue weighted by Crippen LogP contribution is 2.12. The number of nitrogens with zero attached hydrogens (tertiary/aromatic N) is 1. The molecule has 0 unspecified atom stereocenters. The highest BCUT2D eigenvalue weighted by molar-refractivity contribution is 5.92. The third-order valence-electron chi connectivity index (χ3n) is 3.18. The fraction of sp³-hybridized carbons (Fsp3) is 0.438. The molecule has 1 aromatic rings. The molecule has 0 aromatic heterocycles. The summed E-state index contributed by atoms with van der Waals surface area (Å²) in [4.78, 5) is 45.3. The van der Waals surface area contributed by atoms with Crippen molar-refractivity contribution in [2.75, 3.05) is 13.7 Å². The molecule has 9 nitrogen and oxygen atoms in total. The topological polar surface area (TPSA) is 125 Å². The van der Waals surface area contributed by atoms with Gasteiger partial charge in [-0.1, -0.05) is 13.8 Å². The van der Waals surface area contributed by atoms with Gasteiger partial charge in [0, 0.05) is 12.1 Å². The van der Waals surface area contributed by atoms with Crippen molar-refractivity contribution in [2.24, 2.45) is 5.92 Å². The molecule has 0 spiro atoms. The minimum atomic E-state index is -0.824. The second kappa shape index (κ2) is 9.36. The van der Waals surface area contributed by atoms with E-state index in [0.29, 0.717) is 6.42 Å². The van der Waals surface area contributed by atoms with Crippen molar-refractivity contribution in [2.45, 2.75) is 26.3 Å². The number of nitro groups is 1. The summed E-state index contributed by atoms with van der Waals surface area (Å²) in [5, 5.41) is 13.0. The molecule has 1 rings (SSSR count). The van der Waals surface area contributed by atoms with Gasteiger partial charge in [-0.2, -0.15) is 0 Å². The molecule has 1 amide bonds. The fourth-order valence-electron chi connectivity index (χ4n) is 2.00. The van der Waals surface area contributed by atoms with Crippen LogP contribution in [0.15, 0.2) is 24.3 Å². The lowest BCUT2D eigenvalue weighted by molar-refractivity contribution is -0.384. The normalized spacial score (nSPS) is 11.5. The molecule has 0 bridgehead atoms. The molecule has 25 heavy (non-hydrogen) atoms. The summed E-state index contributed by atoms with van der Waals surface area (Å²) in [6, 6.07) is 3.96. The molecule has 1 N–H and O–H groups in total. The number of rotatable bonds is 8. The Kier molecular flexibility index (Phi) is 7.51. The zero-order valence-corrected chi connectivity index (χ0v) is 14.2. The first-order chi connectivity index (χ1) is 11.7. The lowest BCUT2D eigenvalue weighted by atomic mass is 10.0. The molecule has 0 aliphatic carbocycles. The Balaban J connectivity index is 2.57. The van der Waals surface area contributed by atoms with Crippen LogP contribution in [-0.4, -0.2) is 42.5 Å². The van der Waals surface area contributed by atoms with E-state index in [9.17, 15) is 24.5 Å². The average Bonchev–Trinajstić information content (AvgIpc) is 2.58. The van der Waals surface area contributed by atoms with Crippen LogP contribution < -0.4 is 5.32 Å². The van der Waals surface area contributed by atoms with E-state index in [2.05, 4.69) is 10.1 Å². The van der Waals surface area contributed by atoms with E-state index in [4.69, 9.17) is 4.74 Å². The molecule has 0 saturated heterocycles. The predicted molar refractivity (Wildman–Crippen MR) is 86.8 cm³/mol. The largest absolute Gasteiger partial charge is 0.467 e. The Morgan fingerprint density at radius 3 is 2.28 bits per heavy atom. The minimum absolute atomic E-state index is 0.0742. The standard InChI is InChI=1S/C16H20N2O7/c1-10(2)8-13(16(21)24-3)17-14(19)9-25-15(20)11-4-6-12(7-5-11)18(22)23/h4-7,10,13H,8-9H2,1-3H3,(H,17,19)/t13-/m0/s1. The van der Waals surface area contributed by atoms with Gasteiger partial charge < -0.3 is 14.8 Å². The molecule has 0 radical (unpaired) electrons. The number of nitro benzene ring substituents is 1. The molecule has 0 heterocycles. The summed E-state index contributed by atoms with van der Waals surface area (Å²) in [6.07, 6.45) is 0.384. The van der Waals surface area contributed by atoms with Gasteiger partial charge in [-0.25, -0.2) is 9.59 Å². The van der Waals surface area contributed by atoms with Gasteiger partial charge in [-0.05, 0) is 24.5 Å². The van der Waals surface area contributed by atoms with Gasteiger partial charge in [0.25, 0.3) is 11.6 Å². The number of non-ortho nitro benzene ring substituents is 1. The van der Waals surface area contributed by atoms with Gasteiger partial charge in [0.05, 0.1) is 17.6 Å². The first-order valence-corrected chi connectivity index (χ1v) is 7.53. The SMILES string of the molecule is COC(=O)[C@H](CC(C)C)NC(=O)COC(=O)c1ccc([N+](=O)[O-])cc1. The van der Waals surface area contributed by atoms with E-state index < -0.39 is 35.4 Å². The van der Waals surface area contributed by atoms with Crippen LogP contribution in [0.4, 0.5) is 5.69 Å². The highest BCUT2D eigenvalue weighted by Gasteiger charge is 2.23. The second-order valence-electron chi connectivity index (χ2n) is 5.65. The van der Waals surface area contributed by atoms with Gasteiger partial charge in [-0.15, -0.1) is 0 Å². The van der Waals surface area contributed by atoms with E-state index in [-0.39, 0.29) is 17.2 Å².